The molecule has 1 aromatic carbocycles. The van der Waals surface area contributed by atoms with Gasteiger partial charge in [-0.1, -0.05) is 18.2 Å². The van der Waals surface area contributed by atoms with E-state index in [2.05, 4.69) is 4.74 Å². The largest absolute Gasteiger partial charge is 0.508 e. The summed E-state index contributed by atoms with van der Waals surface area (Å²) in [5.41, 5.74) is -0.0239. The van der Waals surface area contributed by atoms with Gasteiger partial charge in [-0.2, -0.15) is 0 Å². The van der Waals surface area contributed by atoms with Crippen molar-refractivity contribution >= 4 is 18.5 Å². The van der Waals surface area contributed by atoms with E-state index in [1.165, 1.54) is 24.3 Å². The van der Waals surface area contributed by atoms with Gasteiger partial charge in [0.1, 0.15) is 11.8 Å². The minimum Gasteiger partial charge on any atom is -0.508 e. The predicted molar refractivity (Wildman–Crippen MR) is 57.5 cm³/mol. The number of para-hydroxylation sites is 1. The summed E-state index contributed by atoms with van der Waals surface area (Å²) in [6, 6.07) is 4.08. The Bertz CT molecular complexity index is 428. The van der Waals surface area contributed by atoms with E-state index in [0.717, 1.165) is 0 Å². The molecule has 1 fully saturated rings. The molecule has 94 valence electrons. The fraction of sp³-hybridized carbons (Fsp3) is 0.300. The molecule has 4 nitrogen and oxygen atoms in total. The van der Waals surface area contributed by atoms with Crippen molar-refractivity contribution in [2.45, 2.75) is 12.0 Å². The number of aromatic hydroxyl groups is 1. The molecule has 2 N–H and O–H groups in total. The third-order valence-corrected chi connectivity index (χ3v) is 2.33. The second-order valence-electron chi connectivity index (χ2n) is 3.47. The Hall–Kier alpha value is -1.56. The summed E-state index contributed by atoms with van der Waals surface area (Å²) in [6.45, 7) is -0.988. The molecule has 1 amide bonds. The highest BCUT2D eigenvalue weighted by atomic mass is 35.5. The van der Waals surface area contributed by atoms with Crippen LogP contribution in [-0.2, 0) is 4.74 Å². The van der Waals surface area contributed by atoms with Crippen molar-refractivity contribution in [2.75, 3.05) is 6.61 Å². The number of phenolic OH excluding ortho intramolecular Hbond substituents is 1. The number of hydrogen-bond acceptors (Lipinski definition) is 3. The zero-order valence-corrected chi connectivity index (χ0v) is 9.34. The summed E-state index contributed by atoms with van der Waals surface area (Å²) in [7, 11) is 0. The zero-order valence-electron chi connectivity index (χ0n) is 8.52. The van der Waals surface area contributed by atoms with Crippen LogP contribution >= 0.6 is 12.4 Å². The van der Waals surface area contributed by atoms with Crippen molar-refractivity contribution in [3.05, 3.63) is 29.8 Å². The topological polar surface area (TPSA) is 58.6 Å². The van der Waals surface area contributed by atoms with E-state index in [1.54, 1.807) is 0 Å². The molecule has 0 spiro atoms. The summed E-state index contributed by atoms with van der Waals surface area (Å²) in [6.07, 6.45) is -0.917. The molecule has 17 heavy (non-hydrogen) atoms. The van der Waals surface area contributed by atoms with E-state index in [-0.39, 0.29) is 23.7 Å². The first-order chi connectivity index (χ1) is 7.50. The van der Waals surface area contributed by atoms with Gasteiger partial charge in [-0.3, -0.25) is 0 Å². The summed E-state index contributed by atoms with van der Waals surface area (Å²) >= 11 is 0. The van der Waals surface area contributed by atoms with Gasteiger partial charge in [0.05, 0.1) is 0 Å². The van der Waals surface area contributed by atoms with Crippen LogP contribution in [0.15, 0.2) is 24.3 Å². The van der Waals surface area contributed by atoms with Crippen LogP contribution in [0.25, 0.3) is 0 Å². The first-order valence-electron chi connectivity index (χ1n) is 4.60. The number of carbonyl (C=O) groups excluding carboxylic acids is 1. The number of alkyl carbamates (subject to hydrolysis) is 1. The molecular formula is C10H10ClF2NO3. The van der Waals surface area contributed by atoms with E-state index in [0.29, 0.717) is 0 Å². The molecule has 0 aliphatic carbocycles. The number of cyclic esters (lactones) is 1. The van der Waals surface area contributed by atoms with Crippen LogP contribution < -0.4 is 5.32 Å². The standard InChI is InChI=1S/C10H9F2NO3.ClH/c11-10(12)5-16-9(15)13-8(10)6-3-1-2-4-7(6)14;/h1-4,8,14H,5H2,(H,13,15);1H/t8-;/m1./s1. The van der Waals surface area contributed by atoms with Gasteiger partial charge in [-0.05, 0) is 6.07 Å². The van der Waals surface area contributed by atoms with E-state index in [4.69, 9.17) is 0 Å². The van der Waals surface area contributed by atoms with Gasteiger partial charge in [0, 0.05) is 5.56 Å². The Morgan fingerprint density at radius 1 is 1.41 bits per heavy atom. The molecule has 0 radical (unpaired) electrons. The Labute approximate surface area is 102 Å². The SMILES string of the molecule is Cl.O=C1N[C@H](c2ccccc2O)C(F)(F)CO1. The predicted octanol–water partition coefficient (Wildman–Crippen LogP) is 2.23. The Morgan fingerprint density at radius 2 is 2.06 bits per heavy atom. The van der Waals surface area contributed by atoms with Crippen LogP contribution in [0.5, 0.6) is 5.75 Å². The number of rotatable bonds is 1. The van der Waals surface area contributed by atoms with Crippen LogP contribution in [0.2, 0.25) is 0 Å². The lowest BCUT2D eigenvalue weighted by atomic mass is 9.99. The van der Waals surface area contributed by atoms with Gasteiger partial charge in [0.2, 0.25) is 0 Å². The van der Waals surface area contributed by atoms with Gasteiger partial charge < -0.3 is 15.2 Å². The molecule has 0 aromatic heterocycles. The van der Waals surface area contributed by atoms with Crippen LogP contribution in [0.1, 0.15) is 11.6 Å². The molecule has 7 heteroatoms. The summed E-state index contributed by atoms with van der Waals surface area (Å²) in [5.74, 6) is -3.53. The molecule has 1 atom stereocenters. The van der Waals surface area contributed by atoms with Gasteiger partial charge in [0.25, 0.3) is 0 Å². The fourth-order valence-electron chi connectivity index (χ4n) is 1.55. The Balaban J connectivity index is 0.00000144. The molecular weight excluding hydrogens is 256 g/mol. The lowest BCUT2D eigenvalue weighted by Crippen LogP contribution is -2.49. The summed E-state index contributed by atoms with van der Waals surface area (Å²) in [4.78, 5) is 10.9. The van der Waals surface area contributed by atoms with Crippen LogP contribution in [0.3, 0.4) is 0 Å². The minimum absolute atomic E-state index is 0. The number of ether oxygens (including phenoxy) is 1. The lowest BCUT2D eigenvalue weighted by molar-refractivity contribution is -0.104. The highest BCUT2D eigenvalue weighted by Gasteiger charge is 2.47. The minimum atomic E-state index is -3.24. The maximum Gasteiger partial charge on any atom is 0.408 e. The zero-order chi connectivity index (χ0) is 11.8. The van der Waals surface area contributed by atoms with Crippen molar-refractivity contribution in [3.63, 3.8) is 0 Å². The molecule has 1 saturated heterocycles. The van der Waals surface area contributed by atoms with E-state index < -0.39 is 24.7 Å². The maximum atomic E-state index is 13.5. The molecule has 2 rings (SSSR count). The third kappa shape index (κ3) is 2.58. The summed E-state index contributed by atoms with van der Waals surface area (Å²) in [5, 5.41) is 11.4. The number of alkyl halides is 2. The van der Waals surface area contributed by atoms with Crippen molar-refractivity contribution in [2.24, 2.45) is 0 Å². The van der Waals surface area contributed by atoms with Gasteiger partial charge >= 0.3 is 12.0 Å². The number of amides is 1. The Morgan fingerprint density at radius 3 is 2.71 bits per heavy atom. The van der Waals surface area contributed by atoms with Crippen LogP contribution in [0, 0.1) is 0 Å². The number of carbonyl (C=O) groups is 1. The monoisotopic (exact) mass is 265 g/mol. The first-order valence-corrected chi connectivity index (χ1v) is 4.60. The average molecular weight is 266 g/mol. The second-order valence-corrected chi connectivity index (χ2v) is 3.47. The normalized spacial score (nSPS) is 22.0. The van der Waals surface area contributed by atoms with E-state index in [9.17, 15) is 18.7 Å². The highest BCUT2D eigenvalue weighted by Crippen LogP contribution is 2.37. The van der Waals surface area contributed by atoms with E-state index >= 15 is 0 Å². The number of benzene rings is 1. The van der Waals surface area contributed by atoms with Gasteiger partial charge in [0.15, 0.2) is 6.61 Å². The molecule has 1 aliphatic heterocycles. The third-order valence-electron chi connectivity index (χ3n) is 2.33. The fourth-order valence-corrected chi connectivity index (χ4v) is 1.55. The number of halogens is 3. The highest BCUT2D eigenvalue weighted by molar-refractivity contribution is 5.85. The molecule has 0 bridgehead atoms. The smallest absolute Gasteiger partial charge is 0.408 e. The van der Waals surface area contributed by atoms with Gasteiger partial charge in [-0.15, -0.1) is 12.4 Å². The average Bonchev–Trinajstić information content (AvgIpc) is 2.23. The number of nitrogens with one attached hydrogen (secondary N) is 1. The van der Waals surface area contributed by atoms with Crippen molar-refractivity contribution in [3.8, 4) is 5.75 Å². The summed E-state index contributed by atoms with van der Waals surface area (Å²) < 4.78 is 31.1. The molecule has 0 unspecified atom stereocenters. The first kappa shape index (κ1) is 13.5. The van der Waals surface area contributed by atoms with Crippen molar-refractivity contribution < 1.29 is 23.4 Å². The van der Waals surface area contributed by atoms with Crippen molar-refractivity contribution in [1.29, 1.82) is 0 Å². The van der Waals surface area contributed by atoms with E-state index in [1.807, 2.05) is 5.32 Å². The molecule has 0 saturated carbocycles. The number of phenols is 1. The second kappa shape index (κ2) is 4.75. The molecule has 1 heterocycles. The van der Waals surface area contributed by atoms with Crippen LogP contribution in [-0.4, -0.2) is 23.7 Å². The maximum absolute atomic E-state index is 13.5. The molecule has 1 aliphatic rings. The van der Waals surface area contributed by atoms with Crippen LogP contribution in [0.4, 0.5) is 13.6 Å². The quantitative estimate of drug-likeness (QED) is 0.819. The number of hydrogen-bond donors (Lipinski definition) is 2. The lowest BCUT2D eigenvalue weighted by Gasteiger charge is -2.32. The van der Waals surface area contributed by atoms with Crippen molar-refractivity contribution in [1.82, 2.24) is 5.32 Å². The molecule has 1 aromatic rings. The Kier molecular flexibility index (Phi) is 3.77. The van der Waals surface area contributed by atoms with Gasteiger partial charge in [-0.25, -0.2) is 13.6 Å².